The van der Waals surface area contributed by atoms with Crippen molar-refractivity contribution >= 4 is 46.9 Å². The van der Waals surface area contributed by atoms with Crippen LogP contribution in [0.25, 0.3) is 10.8 Å². The number of unbranched alkanes of at least 4 members (excludes halogenated alkanes) is 1. The summed E-state index contributed by atoms with van der Waals surface area (Å²) >= 11 is 4.88. The number of fused-ring (bicyclic) bond motifs is 3. The molecule has 0 amide bonds. The van der Waals surface area contributed by atoms with Crippen LogP contribution in [0.4, 0.5) is 17.1 Å². The number of benzene rings is 3. The van der Waals surface area contributed by atoms with E-state index in [1.165, 1.54) is 29.3 Å². The van der Waals surface area contributed by atoms with Crippen LogP contribution in [0, 0.1) is 6.67 Å². The van der Waals surface area contributed by atoms with Gasteiger partial charge in [-0.2, -0.15) is 0 Å². The van der Waals surface area contributed by atoms with Gasteiger partial charge in [0.1, 0.15) is 5.75 Å². The Hall–Kier alpha value is -1.21. The molecule has 3 aromatic rings. The molecule has 0 fully saturated rings. The van der Waals surface area contributed by atoms with Crippen LogP contribution in [0.3, 0.4) is 0 Å². The number of anilines is 3. The minimum atomic E-state index is 0.923. The maximum absolute atomic E-state index is 6.24. The molecule has 0 aromatic heterocycles. The van der Waals surface area contributed by atoms with E-state index in [9.17, 15) is 0 Å². The molecular weight excluding hydrogens is 531 g/mol. The van der Waals surface area contributed by atoms with Crippen LogP contribution in [0.5, 0.6) is 11.5 Å². The normalized spacial score (nSPS) is 13.7. The summed E-state index contributed by atoms with van der Waals surface area (Å²) in [6.07, 6.45) is 2.37. The van der Waals surface area contributed by atoms with Gasteiger partial charge in [0.05, 0.1) is 11.4 Å². The predicted molar refractivity (Wildman–Crippen MR) is 113 cm³/mol. The van der Waals surface area contributed by atoms with Crippen molar-refractivity contribution in [1.82, 2.24) is 0 Å². The summed E-state index contributed by atoms with van der Waals surface area (Å²) < 4.78 is 6.24. The van der Waals surface area contributed by atoms with Crippen LogP contribution in [0.1, 0.15) is 19.8 Å². The third kappa shape index (κ3) is 3.03. The molecule has 3 nitrogen and oxygen atoms in total. The molecule has 0 spiro atoms. The second-order valence-electron chi connectivity index (χ2n) is 6.43. The van der Waals surface area contributed by atoms with Gasteiger partial charge >= 0.3 is 36.3 Å². The predicted octanol–water partition coefficient (Wildman–Crippen LogP) is 6.71. The second kappa shape index (κ2) is 7.80. The molecule has 5 rings (SSSR count). The second-order valence-corrected chi connectivity index (χ2v) is 6.43. The van der Waals surface area contributed by atoms with Gasteiger partial charge in [0.25, 0.3) is 0 Å². The van der Waals surface area contributed by atoms with Crippen LogP contribution in [0.15, 0.2) is 54.6 Å². The van der Waals surface area contributed by atoms with Gasteiger partial charge in [0.15, 0.2) is 5.75 Å². The Bertz CT molecular complexity index is 946. The Labute approximate surface area is 176 Å². The molecule has 26 heavy (non-hydrogen) atoms. The summed E-state index contributed by atoms with van der Waals surface area (Å²) in [4.78, 5) is 4.63. The van der Waals surface area contributed by atoms with E-state index in [-0.39, 0.29) is 0 Å². The zero-order chi connectivity index (χ0) is 18.1. The summed E-state index contributed by atoms with van der Waals surface area (Å²) in [5, 5.41) is 2.44. The third-order valence-corrected chi connectivity index (χ3v) is 4.84. The van der Waals surface area contributed by atoms with Crippen molar-refractivity contribution < 1.29 is 22.0 Å². The molecule has 0 saturated heterocycles. The summed E-state index contributed by atoms with van der Waals surface area (Å²) in [7, 11) is 0. The molecular formula is C21H19AgIN2O-. The first-order valence-corrected chi connectivity index (χ1v) is 13.1. The van der Waals surface area contributed by atoms with Gasteiger partial charge in [-0.25, -0.2) is 0 Å². The third-order valence-electron chi connectivity index (χ3n) is 4.84. The van der Waals surface area contributed by atoms with Crippen molar-refractivity contribution in [2.45, 2.75) is 19.8 Å². The van der Waals surface area contributed by atoms with Crippen LogP contribution in [-0.4, -0.2) is 6.54 Å². The fourth-order valence-electron chi connectivity index (χ4n) is 3.61. The Balaban J connectivity index is 0.000000814. The summed E-state index contributed by atoms with van der Waals surface area (Å²) in [5.74, 6) is 1.86. The number of hydrogen-bond donors (Lipinski definition) is 0. The van der Waals surface area contributed by atoms with Crippen molar-refractivity contribution in [1.29, 1.82) is 0 Å². The van der Waals surface area contributed by atoms with Gasteiger partial charge < -0.3 is 14.5 Å². The molecule has 0 aliphatic carbocycles. The Morgan fingerprint density at radius 1 is 0.962 bits per heavy atom. The summed E-state index contributed by atoms with van der Waals surface area (Å²) in [6, 6.07) is 19.1. The maximum atomic E-state index is 6.24. The molecule has 2 aliphatic rings. The SMILES string of the molecule is CCCCN1[CH-]N2c3cc4ccccc4cc3Oc3cccc1c32.[Ag][I]. The van der Waals surface area contributed by atoms with E-state index in [2.05, 4.69) is 95.2 Å². The molecule has 2 aliphatic heterocycles. The fraction of sp³-hybridized carbons (Fsp3) is 0.190. The fourth-order valence-corrected chi connectivity index (χ4v) is 3.61. The van der Waals surface area contributed by atoms with E-state index in [0.717, 1.165) is 29.4 Å². The first-order valence-electron chi connectivity index (χ1n) is 8.71. The van der Waals surface area contributed by atoms with Crippen molar-refractivity contribution in [2.75, 3.05) is 16.3 Å². The van der Waals surface area contributed by atoms with Crippen LogP contribution in [-0.2, 0) is 17.3 Å². The van der Waals surface area contributed by atoms with Gasteiger partial charge in [-0.3, -0.25) is 0 Å². The van der Waals surface area contributed by atoms with Crippen molar-refractivity contribution in [3.05, 3.63) is 61.3 Å². The zero-order valence-corrected chi connectivity index (χ0v) is 18.0. The number of nitrogens with zero attached hydrogens (tertiary/aromatic N) is 2. The molecule has 0 saturated carbocycles. The average Bonchev–Trinajstić information content (AvgIpc) is 3.07. The van der Waals surface area contributed by atoms with Gasteiger partial charge in [-0.1, -0.05) is 43.7 Å². The topological polar surface area (TPSA) is 15.7 Å². The number of ether oxygens (including phenoxy) is 1. The molecule has 3 aromatic carbocycles. The van der Waals surface area contributed by atoms with Crippen molar-refractivity contribution in [2.24, 2.45) is 0 Å². The van der Waals surface area contributed by atoms with E-state index in [4.69, 9.17) is 4.74 Å². The molecule has 138 valence electrons. The van der Waals surface area contributed by atoms with E-state index < -0.39 is 0 Å². The van der Waals surface area contributed by atoms with Gasteiger partial charge in [-0.15, -0.1) is 6.67 Å². The molecule has 2 heterocycles. The minimum absolute atomic E-state index is 0.923. The number of para-hydroxylation sites is 1. The monoisotopic (exact) mass is 549 g/mol. The molecule has 0 bridgehead atoms. The Kier molecular flexibility index (Phi) is 5.45. The van der Waals surface area contributed by atoms with E-state index in [1.54, 1.807) is 0 Å². The van der Waals surface area contributed by atoms with Crippen LogP contribution in [0.2, 0.25) is 0 Å². The number of halogens is 1. The zero-order valence-electron chi connectivity index (χ0n) is 14.4. The van der Waals surface area contributed by atoms with Crippen LogP contribution < -0.4 is 14.5 Å². The number of rotatable bonds is 3. The summed E-state index contributed by atoms with van der Waals surface area (Å²) in [6.45, 7) is 5.49. The first kappa shape index (κ1) is 18.2. The summed E-state index contributed by atoms with van der Waals surface area (Å²) in [5.41, 5.74) is 3.52. The van der Waals surface area contributed by atoms with Gasteiger partial charge in [-0.05, 0) is 48.0 Å². The Morgan fingerprint density at radius 2 is 1.73 bits per heavy atom. The van der Waals surface area contributed by atoms with Crippen molar-refractivity contribution in [3.63, 3.8) is 0 Å². The van der Waals surface area contributed by atoms with Gasteiger partial charge in [0, 0.05) is 5.69 Å². The molecule has 0 radical (unpaired) electrons. The first-order chi connectivity index (χ1) is 12.8. The van der Waals surface area contributed by atoms with Gasteiger partial charge in [0.2, 0.25) is 0 Å². The van der Waals surface area contributed by atoms with Crippen LogP contribution >= 0.6 is 19.0 Å². The molecule has 5 heteroatoms. The number of hydrogen-bond acceptors (Lipinski definition) is 3. The quantitative estimate of drug-likeness (QED) is 0.205. The Morgan fingerprint density at radius 3 is 2.50 bits per heavy atom. The van der Waals surface area contributed by atoms with E-state index >= 15 is 0 Å². The standard InChI is InChI=1S/C21H19N2O.Ag.HI/c1-2-3-11-22-14-23-18-12-15-7-4-5-8-16(15)13-20(18)24-19-10-6-9-17(22)21(19)23;;/h4-10,12-14H,2-3,11H2,1H3;;1H/q-1;+1;/p-1. The molecule has 0 atom stereocenters. The molecule has 0 unspecified atom stereocenters. The van der Waals surface area contributed by atoms with E-state index in [1.807, 2.05) is 19.0 Å². The van der Waals surface area contributed by atoms with Crippen molar-refractivity contribution in [3.8, 4) is 11.5 Å². The average molecular weight is 550 g/mol. The van der Waals surface area contributed by atoms with E-state index in [0.29, 0.717) is 0 Å². The molecule has 0 N–H and O–H groups in total.